The van der Waals surface area contributed by atoms with Crippen LogP contribution in [0.4, 0.5) is 0 Å². The molecule has 0 atom stereocenters. The monoisotopic (exact) mass is 357 g/mol. The smallest absolute Gasteiger partial charge is 0.162 e. The van der Waals surface area contributed by atoms with Gasteiger partial charge in [0.25, 0.3) is 0 Å². The third-order valence-corrected chi connectivity index (χ3v) is 4.02. The van der Waals surface area contributed by atoms with Crippen LogP contribution in [0.1, 0.15) is 25.3 Å². The molecule has 0 spiro atoms. The van der Waals surface area contributed by atoms with Gasteiger partial charge in [-0.3, -0.25) is 0 Å². The summed E-state index contributed by atoms with van der Waals surface area (Å²) in [7, 11) is 0. The molecule has 5 heteroatoms. The first-order valence-electron chi connectivity index (χ1n) is 7.67. The average molecular weight is 358 g/mol. The molecule has 0 bridgehead atoms. The van der Waals surface area contributed by atoms with Gasteiger partial charge in [-0.1, -0.05) is 22.9 Å². The molecule has 1 N–H and O–H groups in total. The minimum atomic E-state index is 0.714. The number of benzene rings is 1. The van der Waals surface area contributed by atoms with Crippen molar-refractivity contribution in [3.05, 3.63) is 22.2 Å². The molecule has 0 fully saturated rings. The lowest BCUT2D eigenvalue weighted by Crippen LogP contribution is -2.20. The molecule has 1 aromatic carbocycles. The lowest BCUT2D eigenvalue weighted by Gasteiger charge is -2.12. The Morgan fingerprint density at radius 2 is 1.90 bits per heavy atom. The molecule has 0 aromatic heterocycles. The lowest BCUT2D eigenvalue weighted by atomic mass is 10.1. The quantitative estimate of drug-likeness (QED) is 0.725. The first kappa shape index (κ1) is 16.6. The molecule has 1 aliphatic rings. The maximum atomic E-state index is 5.72. The van der Waals surface area contributed by atoms with E-state index in [4.69, 9.17) is 14.2 Å². The van der Waals surface area contributed by atoms with Crippen LogP contribution < -0.4 is 14.8 Å². The normalized spacial score (nSPS) is 14.0. The zero-order chi connectivity index (χ0) is 14.9. The molecule has 1 aromatic rings. The Labute approximate surface area is 135 Å². The molecule has 0 amide bonds. The Hall–Kier alpha value is -0.780. The molecule has 0 unspecified atom stereocenters. The Morgan fingerprint density at radius 3 is 2.67 bits per heavy atom. The second-order valence-corrected chi connectivity index (χ2v) is 5.91. The van der Waals surface area contributed by atoms with Crippen molar-refractivity contribution in [2.24, 2.45) is 0 Å². The fourth-order valence-electron chi connectivity index (χ4n) is 2.15. The molecule has 21 heavy (non-hydrogen) atoms. The van der Waals surface area contributed by atoms with Crippen LogP contribution in [0.15, 0.2) is 16.6 Å². The van der Waals surface area contributed by atoms with Gasteiger partial charge in [0.2, 0.25) is 0 Å². The fourth-order valence-corrected chi connectivity index (χ4v) is 2.67. The summed E-state index contributed by atoms with van der Waals surface area (Å²) < 4.78 is 18.1. The lowest BCUT2D eigenvalue weighted by molar-refractivity contribution is 0.139. The predicted molar refractivity (Wildman–Crippen MR) is 87.4 cm³/mol. The maximum absolute atomic E-state index is 5.72. The Bertz CT molecular complexity index is 440. The topological polar surface area (TPSA) is 39.7 Å². The molecular formula is C16H24BrNO3. The van der Waals surface area contributed by atoms with Crippen molar-refractivity contribution < 1.29 is 14.2 Å². The Balaban J connectivity index is 1.79. The third-order valence-electron chi connectivity index (χ3n) is 3.28. The number of halogens is 1. The van der Waals surface area contributed by atoms with Crippen molar-refractivity contribution in [3.63, 3.8) is 0 Å². The summed E-state index contributed by atoms with van der Waals surface area (Å²) in [5.74, 6) is 1.67. The summed E-state index contributed by atoms with van der Waals surface area (Å²) in [6.45, 7) is 7.03. The van der Waals surface area contributed by atoms with Crippen LogP contribution in [0.2, 0.25) is 0 Å². The molecule has 118 valence electrons. The highest BCUT2D eigenvalue weighted by molar-refractivity contribution is 9.10. The molecule has 0 radical (unpaired) electrons. The Morgan fingerprint density at radius 1 is 1.14 bits per heavy atom. The third kappa shape index (κ3) is 5.49. The average Bonchev–Trinajstić information content (AvgIpc) is 2.71. The zero-order valence-corrected chi connectivity index (χ0v) is 14.2. The van der Waals surface area contributed by atoms with E-state index in [2.05, 4.69) is 34.2 Å². The minimum absolute atomic E-state index is 0.714. The van der Waals surface area contributed by atoms with E-state index in [1.807, 2.05) is 6.07 Å². The number of hydrogen-bond donors (Lipinski definition) is 1. The van der Waals surface area contributed by atoms with E-state index in [1.165, 1.54) is 5.56 Å². The van der Waals surface area contributed by atoms with Crippen LogP contribution in [-0.4, -0.2) is 39.5 Å². The van der Waals surface area contributed by atoms with Crippen LogP contribution in [0.25, 0.3) is 0 Å². The van der Waals surface area contributed by atoms with Gasteiger partial charge in [0.05, 0.1) is 26.4 Å². The summed E-state index contributed by atoms with van der Waals surface area (Å²) in [5.41, 5.74) is 1.20. The minimum Gasteiger partial charge on any atom is -0.490 e. The highest BCUT2D eigenvalue weighted by Crippen LogP contribution is 2.35. The molecule has 4 nitrogen and oxygen atoms in total. The van der Waals surface area contributed by atoms with Gasteiger partial charge in [-0.15, -0.1) is 0 Å². The number of rotatable bonds is 8. The second-order valence-electron chi connectivity index (χ2n) is 5.05. The summed E-state index contributed by atoms with van der Waals surface area (Å²) in [4.78, 5) is 0. The fraction of sp³-hybridized carbons (Fsp3) is 0.625. The van der Waals surface area contributed by atoms with Crippen LogP contribution >= 0.6 is 15.9 Å². The highest BCUT2D eigenvalue weighted by atomic mass is 79.9. The van der Waals surface area contributed by atoms with Gasteiger partial charge in [0, 0.05) is 17.4 Å². The number of ether oxygens (including phenoxy) is 3. The van der Waals surface area contributed by atoms with Gasteiger partial charge in [-0.05, 0) is 37.1 Å². The van der Waals surface area contributed by atoms with Crippen LogP contribution in [-0.2, 0) is 11.2 Å². The molecule has 1 heterocycles. The summed E-state index contributed by atoms with van der Waals surface area (Å²) in [5, 5.41) is 3.32. The summed E-state index contributed by atoms with van der Waals surface area (Å²) in [6, 6.07) is 4.06. The molecule has 0 aliphatic carbocycles. The van der Waals surface area contributed by atoms with E-state index in [-0.39, 0.29) is 0 Å². The van der Waals surface area contributed by atoms with Crippen molar-refractivity contribution >= 4 is 15.9 Å². The number of fused-ring (bicyclic) bond motifs is 1. The molecule has 0 saturated heterocycles. The molecule has 1 aliphatic heterocycles. The number of hydrogen-bond acceptors (Lipinski definition) is 4. The van der Waals surface area contributed by atoms with E-state index in [0.717, 1.165) is 54.9 Å². The molecule has 2 rings (SSSR count). The first-order valence-corrected chi connectivity index (χ1v) is 8.47. The van der Waals surface area contributed by atoms with Crippen LogP contribution in [0, 0.1) is 0 Å². The Kier molecular flexibility index (Phi) is 7.33. The van der Waals surface area contributed by atoms with Crippen molar-refractivity contribution in [2.45, 2.75) is 26.2 Å². The largest absolute Gasteiger partial charge is 0.490 e. The molecular weight excluding hydrogens is 334 g/mol. The van der Waals surface area contributed by atoms with Crippen LogP contribution in [0.5, 0.6) is 11.5 Å². The van der Waals surface area contributed by atoms with Gasteiger partial charge in [0.15, 0.2) is 11.5 Å². The first-order chi connectivity index (χ1) is 10.3. The van der Waals surface area contributed by atoms with E-state index < -0.39 is 0 Å². The van der Waals surface area contributed by atoms with E-state index in [0.29, 0.717) is 19.8 Å². The summed E-state index contributed by atoms with van der Waals surface area (Å²) in [6.07, 6.45) is 2.95. The SMILES string of the molecule is CCCNCCOCCc1cc2c(cc1Br)OCCCO2. The standard InChI is InChI=1S/C16H24BrNO3/c1-2-5-18-6-10-19-9-4-13-11-15-16(12-14(13)17)21-8-3-7-20-15/h11-12,18H,2-10H2,1H3. The number of nitrogens with one attached hydrogen (secondary N) is 1. The van der Waals surface area contributed by atoms with Crippen molar-refractivity contribution in [1.82, 2.24) is 5.32 Å². The van der Waals surface area contributed by atoms with Crippen LogP contribution in [0.3, 0.4) is 0 Å². The predicted octanol–water partition coefficient (Wildman–Crippen LogP) is 3.17. The van der Waals surface area contributed by atoms with Gasteiger partial charge < -0.3 is 19.5 Å². The van der Waals surface area contributed by atoms with E-state index in [9.17, 15) is 0 Å². The van der Waals surface area contributed by atoms with Crippen molar-refractivity contribution in [3.8, 4) is 11.5 Å². The second kappa shape index (κ2) is 9.28. The van der Waals surface area contributed by atoms with E-state index >= 15 is 0 Å². The zero-order valence-electron chi connectivity index (χ0n) is 12.6. The van der Waals surface area contributed by atoms with Crippen molar-refractivity contribution in [2.75, 3.05) is 39.5 Å². The maximum Gasteiger partial charge on any atom is 0.162 e. The van der Waals surface area contributed by atoms with E-state index in [1.54, 1.807) is 0 Å². The van der Waals surface area contributed by atoms with Gasteiger partial charge >= 0.3 is 0 Å². The van der Waals surface area contributed by atoms with Gasteiger partial charge in [-0.2, -0.15) is 0 Å². The summed E-state index contributed by atoms with van der Waals surface area (Å²) >= 11 is 3.60. The highest BCUT2D eigenvalue weighted by Gasteiger charge is 2.13. The molecule has 0 saturated carbocycles. The van der Waals surface area contributed by atoms with Gasteiger partial charge in [0.1, 0.15) is 0 Å². The van der Waals surface area contributed by atoms with Gasteiger partial charge in [-0.25, -0.2) is 0 Å². The van der Waals surface area contributed by atoms with Crippen molar-refractivity contribution in [1.29, 1.82) is 0 Å².